The number of esters is 2. The van der Waals surface area contributed by atoms with Crippen LogP contribution >= 0.6 is 0 Å². The van der Waals surface area contributed by atoms with Gasteiger partial charge in [-0.15, -0.1) is 0 Å². The Hall–Kier alpha value is -3.02. The normalized spacial score (nSPS) is 47.0. The molecule has 5 fully saturated rings. The lowest BCUT2D eigenvalue weighted by Crippen LogP contribution is -2.69. The molecule has 4 saturated carbocycles. The molecule has 1 heterocycles. The van der Waals surface area contributed by atoms with E-state index in [9.17, 15) is 60.7 Å². The van der Waals surface area contributed by atoms with Crippen LogP contribution in [-0.2, 0) is 19.0 Å². The van der Waals surface area contributed by atoms with Crippen LogP contribution in [0.3, 0.4) is 0 Å². The molecule has 1 aromatic carbocycles. The topological polar surface area (TPSA) is 264 Å². The van der Waals surface area contributed by atoms with Crippen LogP contribution in [0.4, 0.5) is 0 Å². The minimum absolute atomic E-state index is 0.0435. The van der Waals surface area contributed by atoms with Crippen molar-refractivity contribution in [2.24, 2.45) is 50.2 Å². The molecule has 0 unspecified atom stereocenters. The van der Waals surface area contributed by atoms with Gasteiger partial charge in [-0.05, 0) is 97.0 Å². The largest absolute Gasteiger partial charge is 0.504 e. The zero-order valence-electron chi connectivity index (χ0n) is 34.2. The van der Waals surface area contributed by atoms with Crippen LogP contribution < -0.4 is 0 Å². The lowest BCUT2D eigenvalue weighted by Gasteiger charge is -2.71. The zero-order valence-corrected chi connectivity index (χ0v) is 34.2. The standard InChI is InChI=1S/C43H62O15/c1-38(2)11-13-43(37(55)58-36-32(51)31(50)30(49)25(18-44)57-36)14-12-41(5)21(28(43)34(38)53)7-8-27-39(3)17-24(47)33(52)40(4,26(39)9-10-42(27,41)6)19-56-35(54)20-15-22(45)29(48)23(46)16-20/h7,15-16,24-28,30-34,36,44-53H,8-14,17-19H2,1-6H3/t24-,25-,26-,27-,28-,30-,31+,32-,33+,34+,36+,39+,40+,41-,42-,43+/m1/s1. The first kappa shape index (κ1) is 43.1. The van der Waals surface area contributed by atoms with Gasteiger partial charge in [-0.3, -0.25) is 4.79 Å². The number of hydrogen-bond donors (Lipinski definition) is 10. The van der Waals surface area contributed by atoms with E-state index in [0.717, 1.165) is 17.7 Å². The first-order chi connectivity index (χ1) is 26.9. The number of carbonyl (C=O) groups is 2. The number of benzene rings is 1. The van der Waals surface area contributed by atoms with Crippen LogP contribution in [0, 0.1) is 50.2 Å². The van der Waals surface area contributed by atoms with Gasteiger partial charge in [0.25, 0.3) is 0 Å². The summed E-state index contributed by atoms with van der Waals surface area (Å²) in [5, 5.41) is 107. The Morgan fingerprint density at radius 2 is 1.45 bits per heavy atom. The van der Waals surface area contributed by atoms with Gasteiger partial charge in [0.2, 0.25) is 6.29 Å². The second-order valence-corrected chi connectivity index (χ2v) is 20.1. The quantitative estimate of drug-likeness (QED) is 0.112. The number of aromatic hydroxyl groups is 3. The summed E-state index contributed by atoms with van der Waals surface area (Å²) >= 11 is 0. The van der Waals surface area contributed by atoms with Crippen LogP contribution in [0.1, 0.15) is 103 Å². The summed E-state index contributed by atoms with van der Waals surface area (Å²) in [4.78, 5) is 27.8. The number of rotatable bonds is 6. The average molecular weight is 819 g/mol. The number of hydrogen-bond acceptors (Lipinski definition) is 15. The number of phenolic OH excluding ortho intramolecular Hbond substituents is 3. The maximum atomic E-state index is 14.6. The molecule has 1 aromatic rings. The fourth-order valence-electron chi connectivity index (χ4n) is 13.1. The van der Waals surface area contributed by atoms with Crippen molar-refractivity contribution in [3.05, 3.63) is 29.3 Å². The van der Waals surface area contributed by atoms with E-state index >= 15 is 0 Å². The maximum Gasteiger partial charge on any atom is 0.338 e. The third kappa shape index (κ3) is 6.04. The van der Waals surface area contributed by atoms with Crippen molar-refractivity contribution in [3.63, 3.8) is 0 Å². The summed E-state index contributed by atoms with van der Waals surface area (Å²) in [6.07, 6.45) is -5.31. The molecule has 0 bridgehead atoms. The first-order valence-electron chi connectivity index (χ1n) is 20.6. The number of ether oxygens (including phenoxy) is 3. The van der Waals surface area contributed by atoms with E-state index in [4.69, 9.17) is 14.2 Å². The molecule has 16 atom stereocenters. The van der Waals surface area contributed by atoms with Gasteiger partial charge in [-0.2, -0.15) is 0 Å². The van der Waals surface area contributed by atoms with Crippen LogP contribution in [0.15, 0.2) is 23.8 Å². The molecule has 15 heteroatoms. The highest BCUT2D eigenvalue weighted by molar-refractivity contribution is 5.91. The van der Waals surface area contributed by atoms with E-state index in [1.54, 1.807) is 0 Å². The minimum atomic E-state index is -1.77. The summed E-state index contributed by atoms with van der Waals surface area (Å²) in [5.41, 5.74) is -3.65. The highest BCUT2D eigenvalue weighted by Gasteiger charge is 2.72. The Morgan fingerprint density at radius 1 is 0.810 bits per heavy atom. The maximum absolute atomic E-state index is 14.6. The van der Waals surface area contributed by atoms with E-state index < -0.39 is 123 Å². The van der Waals surface area contributed by atoms with Gasteiger partial charge in [0.05, 0.1) is 42.5 Å². The minimum Gasteiger partial charge on any atom is -0.504 e. The van der Waals surface area contributed by atoms with Gasteiger partial charge in [-0.1, -0.05) is 53.2 Å². The van der Waals surface area contributed by atoms with Gasteiger partial charge in [-0.25, -0.2) is 4.79 Å². The summed E-state index contributed by atoms with van der Waals surface area (Å²) in [6, 6.07) is 1.96. The summed E-state index contributed by atoms with van der Waals surface area (Å²) in [6.45, 7) is 11.4. The lowest BCUT2D eigenvalue weighted by atomic mass is 9.33. The Morgan fingerprint density at radius 3 is 2.09 bits per heavy atom. The van der Waals surface area contributed by atoms with E-state index in [2.05, 4.69) is 26.8 Å². The summed E-state index contributed by atoms with van der Waals surface area (Å²) < 4.78 is 17.2. The van der Waals surface area contributed by atoms with Crippen LogP contribution in [-0.4, -0.2) is 125 Å². The number of aliphatic hydroxyl groups excluding tert-OH is 7. The lowest BCUT2D eigenvalue weighted by molar-refractivity contribution is -0.298. The molecule has 0 aromatic heterocycles. The van der Waals surface area contributed by atoms with Crippen molar-refractivity contribution in [3.8, 4) is 17.2 Å². The van der Waals surface area contributed by atoms with Crippen LogP contribution in [0.5, 0.6) is 17.2 Å². The molecule has 6 aliphatic rings. The van der Waals surface area contributed by atoms with Crippen molar-refractivity contribution in [2.75, 3.05) is 13.2 Å². The van der Waals surface area contributed by atoms with E-state index in [0.29, 0.717) is 44.9 Å². The molecule has 1 aliphatic heterocycles. The molecule has 0 amide bonds. The molecule has 324 valence electrons. The molecule has 1 saturated heterocycles. The van der Waals surface area contributed by atoms with Crippen molar-refractivity contribution in [1.29, 1.82) is 0 Å². The van der Waals surface area contributed by atoms with Gasteiger partial charge >= 0.3 is 11.9 Å². The number of allylic oxidation sites excluding steroid dienone is 1. The van der Waals surface area contributed by atoms with Crippen molar-refractivity contribution < 1.29 is 74.9 Å². The first-order valence-corrected chi connectivity index (χ1v) is 20.6. The van der Waals surface area contributed by atoms with Gasteiger partial charge in [0, 0.05) is 11.3 Å². The smallest absolute Gasteiger partial charge is 0.338 e. The molecule has 0 radical (unpaired) electrons. The molecule has 0 spiro atoms. The predicted octanol–water partition coefficient (Wildman–Crippen LogP) is 2.39. The number of fused-ring (bicyclic) bond motifs is 7. The predicted molar refractivity (Wildman–Crippen MR) is 204 cm³/mol. The monoisotopic (exact) mass is 818 g/mol. The van der Waals surface area contributed by atoms with Gasteiger partial charge in [0.1, 0.15) is 24.4 Å². The number of phenols is 3. The third-order valence-electron chi connectivity index (χ3n) is 16.9. The molecule has 15 nitrogen and oxygen atoms in total. The number of aliphatic hydroxyl groups is 7. The number of carbonyl (C=O) groups excluding carboxylic acids is 2. The van der Waals surface area contributed by atoms with E-state index in [-0.39, 0.29) is 30.4 Å². The molecule has 58 heavy (non-hydrogen) atoms. The van der Waals surface area contributed by atoms with Crippen molar-refractivity contribution in [1.82, 2.24) is 0 Å². The second-order valence-electron chi connectivity index (χ2n) is 20.1. The fourth-order valence-corrected chi connectivity index (χ4v) is 13.1. The Kier molecular flexibility index (Phi) is 10.6. The zero-order chi connectivity index (χ0) is 42.7. The SMILES string of the molecule is CC1(C)CC[C@]2(C(=O)O[C@@H]3O[C@H](CO)[C@@H](O)[C@H](O)[C@H]3O)CC[C@]3(C)C(=CC[C@@H]4[C@@]5(C)C[C@@H](O)[C@H](O)[C@@](C)(COC(=O)c6cc(O)c(O)c(O)c6)[C@@H]5CC[C@]43C)[C@@H]2[C@@H]1O. The molecular weight excluding hydrogens is 756 g/mol. The van der Waals surface area contributed by atoms with Crippen LogP contribution in [0.2, 0.25) is 0 Å². The molecule has 7 rings (SSSR count). The van der Waals surface area contributed by atoms with Crippen molar-refractivity contribution >= 4 is 11.9 Å². The highest BCUT2D eigenvalue weighted by atomic mass is 16.7. The highest BCUT2D eigenvalue weighted by Crippen LogP contribution is 2.76. The van der Waals surface area contributed by atoms with Crippen molar-refractivity contribution in [2.45, 2.75) is 142 Å². The summed E-state index contributed by atoms with van der Waals surface area (Å²) in [7, 11) is 0. The Bertz CT molecular complexity index is 1810. The molecule has 5 aliphatic carbocycles. The fraction of sp³-hybridized carbons (Fsp3) is 0.767. The Balaban J connectivity index is 1.21. The Labute approximate surface area is 338 Å². The average Bonchev–Trinajstić information content (AvgIpc) is 3.16. The van der Waals surface area contributed by atoms with Gasteiger partial charge < -0.3 is 65.3 Å². The second kappa shape index (κ2) is 14.3. The molecular formula is C43H62O15. The third-order valence-corrected chi connectivity index (χ3v) is 16.9. The van der Waals surface area contributed by atoms with Gasteiger partial charge in [0.15, 0.2) is 17.2 Å². The summed E-state index contributed by atoms with van der Waals surface area (Å²) in [5.74, 6) is -4.67. The van der Waals surface area contributed by atoms with Crippen LogP contribution in [0.25, 0.3) is 0 Å². The van der Waals surface area contributed by atoms with E-state index in [1.165, 1.54) is 0 Å². The molecule has 10 N–H and O–H groups in total. The van der Waals surface area contributed by atoms with E-state index in [1.807, 2.05) is 20.8 Å².